The second kappa shape index (κ2) is 8.51. The molecule has 0 spiro atoms. The molecule has 3 aliphatic rings. The number of hydrogen-bond acceptors (Lipinski definition) is 0. The van der Waals surface area contributed by atoms with Gasteiger partial charge in [0.2, 0.25) is 0 Å². The fourth-order valence-electron chi connectivity index (χ4n) is 6.50. The average Bonchev–Trinajstić information content (AvgIpc) is 2.68. The van der Waals surface area contributed by atoms with Crippen LogP contribution in [0.5, 0.6) is 0 Å². The zero-order valence-electron chi connectivity index (χ0n) is 16.4. The second-order valence-electron chi connectivity index (χ2n) is 9.28. The number of halogens is 1. The van der Waals surface area contributed by atoms with Crippen LogP contribution in [-0.2, 0) is 0 Å². The topological polar surface area (TPSA) is 0 Å². The molecule has 6 atom stereocenters. The molecule has 142 valence electrons. The summed E-state index contributed by atoms with van der Waals surface area (Å²) in [4.78, 5) is 0. The first-order chi connectivity index (χ1) is 12.7. The Bertz CT molecular complexity index is 601. The van der Waals surface area contributed by atoms with Crippen molar-refractivity contribution in [1.82, 2.24) is 0 Å². The van der Waals surface area contributed by atoms with Crippen LogP contribution in [0.3, 0.4) is 0 Å². The van der Waals surface area contributed by atoms with Gasteiger partial charge in [0.05, 0.1) is 0 Å². The lowest BCUT2D eigenvalue weighted by Crippen LogP contribution is -2.41. The summed E-state index contributed by atoms with van der Waals surface area (Å²) in [6.45, 7) is 2.28. The van der Waals surface area contributed by atoms with Crippen molar-refractivity contribution in [3.8, 4) is 0 Å². The van der Waals surface area contributed by atoms with Crippen LogP contribution >= 0.6 is 11.6 Å². The normalized spacial score (nSPS) is 37.3. The fourth-order valence-corrected chi connectivity index (χ4v) is 6.62. The smallest absolute Gasteiger partial charge is 0.0406 e. The van der Waals surface area contributed by atoms with E-state index in [2.05, 4.69) is 43.3 Å². The molecular weight excluding hydrogens is 336 g/mol. The predicted molar refractivity (Wildman–Crippen MR) is 113 cm³/mol. The van der Waals surface area contributed by atoms with Gasteiger partial charge >= 0.3 is 0 Å². The third-order valence-corrected chi connectivity index (χ3v) is 8.04. The first-order valence-corrected chi connectivity index (χ1v) is 11.5. The van der Waals surface area contributed by atoms with E-state index in [4.69, 9.17) is 11.6 Å². The fraction of sp³-hybridized carbons (Fsp3) is 0.680. The molecule has 3 saturated carbocycles. The average molecular weight is 371 g/mol. The van der Waals surface area contributed by atoms with Gasteiger partial charge in [-0.3, -0.25) is 0 Å². The Morgan fingerprint density at radius 3 is 2.31 bits per heavy atom. The number of fused-ring (bicyclic) bond motifs is 3. The van der Waals surface area contributed by atoms with Crippen LogP contribution in [0.25, 0.3) is 0 Å². The van der Waals surface area contributed by atoms with Gasteiger partial charge in [0.15, 0.2) is 0 Å². The highest BCUT2D eigenvalue weighted by molar-refractivity contribution is 6.30. The summed E-state index contributed by atoms with van der Waals surface area (Å²) >= 11 is 6.08. The molecule has 0 N–H and O–H groups in total. The second-order valence-corrected chi connectivity index (χ2v) is 9.71. The molecule has 3 aliphatic carbocycles. The van der Waals surface area contributed by atoms with Crippen LogP contribution in [0.2, 0.25) is 5.02 Å². The Kier molecular flexibility index (Phi) is 6.09. The molecule has 0 amide bonds. The van der Waals surface area contributed by atoms with Gasteiger partial charge in [-0.15, -0.1) is 0 Å². The predicted octanol–water partition coefficient (Wildman–Crippen LogP) is 8.02. The molecule has 0 saturated heterocycles. The van der Waals surface area contributed by atoms with E-state index < -0.39 is 0 Å². The van der Waals surface area contributed by atoms with E-state index in [9.17, 15) is 0 Å². The number of hydrogen-bond donors (Lipinski definition) is 0. The van der Waals surface area contributed by atoms with Gasteiger partial charge in [-0.2, -0.15) is 0 Å². The lowest BCUT2D eigenvalue weighted by Gasteiger charge is -2.50. The van der Waals surface area contributed by atoms with E-state index in [0.29, 0.717) is 0 Å². The number of unbranched alkanes of at least 4 members (excludes halogenated alkanes) is 1. The lowest BCUT2D eigenvalue weighted by atomic mass is 9.55. The van der Waals surface area contributed by atoms with Crippen molar-refractivity contribution >= 4 is 11.6 Å². The molecule has 0 aromatic heterocycles. The maximum Gasteiger partial charge on any atom is 0.0406 e. The van der Waals surface area contributed by atoms with Gasteiger partial charge in [-0.25, -0.2) is 0 Å². The molecule has 0 heterocycles. The van der Waals surface area contributed by atoms with Gasteiger partial charge in [0, 0.05) is 5.02 Å². The van der Waals surface area contributed by atoms with Crippen LogP contribution < -0.4 is 0 Å². The quantitative estimate of drug-likeness (QED) is 0.470. The van der Waals surface area contributed by atoms with Crippen LogP contribution in [-0.4, -0.2) is 0 Å². The van der Waals surface area contributed by atoms with E-state index in [1.165, 1.54) is 69.8 Å². The van der Waals surface area contributed by atoms with Crippen LogP contribution in [0.1, 0.15) is 82.6 Å². The van der Waals surface area contributed by atoms with Crippen molar-refractivity contribution in [3.63, 3.8) is 0 Å². The van der Waals surface area contributed by atoms with Crippen LogP contribution in [0.4, 0.5) is 0 Å². The van der Waals surface area contributed by atoms with Crippen molar-refractivity contribution in [2.24, 2.45) is 29.6 Å². The van der Waals surface area contributed by atoms with Crippen LogP contribution in [0, 0.1) is 29.6 Å². The van der Waals surface area contributed by atoms with E-state index in [-0.39, 0.29) is 0 Å². The third kappa shape index (κ3) is 4.06. The SMILES string of the molecule is CCCC=C[C@@H]1CC[C@H]2[C@H](CC[C@H]3C[C@H](c4ccc(Cl)cc4)CC[C@@H]32)C1. The number of rotatable bonds is 4. The Hall–Kier alpha value is -0.750. The Morgan fingerprint density at radius 2 is 1.58 bits per heavy atom. The summed E-state index contributed by atoms with van der Waals surface area (Å²) in [5.74, 6) is 5.72. The summed E-state index contributed by atoms with van der Waals surface area (Å²) in [6.07, 6.45) is 19.3. The van der Waals surface area contributed by atoms with Crippen molar-refractivity contribution in [2.75, 3.05) is 0 Å². The van der Waals surface area contributed by atoms with Gasteiger partial charge in [-0.1, -0.05) is 49.2 Å². The molecule has 1 heteroatoms. The molecular formula is C25H35Cl. The van der Waals surface area contributed by atoms with E-state index in [1.54, 1.807) is 0 Å². The minimum absolute atomic E-state index is 0.776. The maximum atomic E-state index is 6.08. The van der Waals surface area contributed by atoms with Gasteiger partial charge in [0.1, 0.15) is 0 Å². The van der Waals surface area contributed by atoms with Gasteiger partial charge in [0.25, 0.3) is 0 Å². The maximum absolute atomic E-state index is 6.08. The van der Waals surface area contributed by atoms with Crippen molar-refractivity contribution in [1.29, 1.82) is 0 Å². The van der Waals surface area contributed by atoms with E-state index in [1.807, 2.05) is 0 Å². The minimum atomic E-state index is 0.776. The zero-order chi connectivity index (χ0) is 17.9. The van der Waals surface area contributed by atoms with Gasteiger partial charge < -0.3 is 0 Å². The molecule has 1 aromatic rings. The summed E-state index contributed by atoms with van der Waals surface area (Å²) < 4.78 is 0. The first-order valence-electron chi connectivity index (χ1n) is 11.2. The lowest BCUT2D eigenvalue weighted by molar-refractivity contribution is 0.0127. The summed E-state index contributed by atoms with van der Waals surface area (Å²) in [6, 6.07) is 8.69. The monoisotopic (exact) mass is 370 g/mol. The van der Waals surface area contributed by atoms with E-state index >= 15 is 0 Å². The molecule has 0 unspecified atom stereocenters. The number of allylic oxidation sites excluding steroid dienone is 2. The highest BCUT2D eigenvalue weighted by Crippen LogP contribution is 2.54. The molecule has 0 nitrogen and oxygen atoms in total. The molecule has 0 aliphatic heterocycles. The first kappa shape index (κ1) is 18.6. The Labute approximate surface area is 165 Å². The largest absolute Gasteiger partial charge is 0.0883 e. The van der Waals surface area contributed by atoms with Crippen LogP contribution in [0.15, 0.2) is 36.4 Å². The van der Waals surface area contributed by atoms with Gasteiger partial charge in [-0.05, 0) is 111 Å². The summed E-state index contributed by atoms with van der Waals surface area (Å²) in [5, 5.41) is 0.868. The third-order valence-electron chi connectivity index (χ3n) is 7.79. The molecule has 4 rings (SSSR count). The molecule has 3 fully saturated rings. The summed E-state index contributed by atoms with van der Waals surface area (Å²) in [7, 11) is 0. The summed E-state index contributed by atoms with van der Waals surface area (Å²) in [5.41, 5.74) is 1.53. The Morgan fingerprint density at radius 1 is 0.885 bits per heavy atom. The minimum Gasteiger partial charge on any atom is -0.0883 e. The highest BCUT2D eigenvalue weighted by atomic mass is 35.5. The molecule has 0 radical (unpaired) electrons. The molecule has 26 heavy (non-hydrogen) atoms. The Balaban J connectivity index is 1.36. The van der Waals surface area contributed by atoms with Crippen molar-refractivity contribution < 1.29 is 0 Å². The standard InChI is InChI=1S/C25H35Cl/c1-2-3-4-5-18-6-14-24-21(16-18)7-8-22-17-20(11-15-25(22)24)19-9-12-23(26)13-10-19/h4-5,9-10,12-13,18,20-22,24-25H,2-3,6-8,11,14-17H2,1H3/t18-,20-,21-,22+,24+,25+/m1/s1. The highest BCUT2D eigenvalue weighted by Gasteiger charge is 2.44. The zero-order valence-corrected chi connectivity index (χ0v) is 17.1. The molecule has 1 aromatic carbocycles. The number of benzene rings is 1. The molecule has 0 bridgehead atoms. The van der Waals surface area contributed by atoms with Crippen molar-refractivity contribution in [3.05, 3.63) is 47.0 Å². The van der Waals surface area contributed by atoms with E-state index in [0.717, 1.165) is 40.5 Å². The van der Waals surface area contributed by atoms with Crippen molar-refractivity contribution in [2.45, 2.75) is 77.0 Å².